The molecule has 2 atom stereocenters. The Hall–Kier alpha value is -0.520. The standard InChI is InChI=1S/C13H20N2OS2/c1-9-5-8-17-11(9)13-15(7-4-6-14-3)12(16)10(2)18-13/h5,8,10,13-14H,4,6-7H2,1-3H3/t10-,13+/m0/s1. The first-order valence-corrected chi connectivity index (χ1v) is 8.12. The number of amides is 1. The van der Waals surface area contributed by atoms with Gasteiger partial charge in [-0.15, -0.1) is 23.1 Å². The number of carbonyl (C=O) groups is 1. The highest BCUT2D eigenvalue weighted by atomic mass is 32.2. The van der Waals surface area contributed by atoms with Crippen molar-refractivity contribution in [3.63, 3.8) is 0 Å². The summed E-state index contributed by atoms with van der Waals surface area (Å²) in [6.07, 6.45) is 1.01. The first-order chi connectivity index (χ1) is 8.65. The minimum Gasteiger partial charge on any atom is -0.325 e. The maximum atomic E-state index is 12.2. The Morgan fingerprint density at radius 3 is 2.89 bits per heavy atom. The van der Waals surface area contributed by atoms with Crippen molar-refractivity contribution in [2.24, 2.45) is 0 Å². The van der Waals surface area contributed by atoms with E-state index in [1.54, 1.807) is 23.1 Å². The Balaban J connectivity index is 2.12. The molecule has 1 aromatic rings. The lowest BCUT2D eigenvalue weighted by Gasteiger charge is -2.23. The summed E-state index contributed by atoms with van der Waals surface area (Å²) in [5.41, 5.74) is 1.30. The van der Waals surface area contributed by atoms with E-state index in [-0.39, 0.29) is 16.5 Å². The van der Waals surface area contributed by atoms with Crippen LogP contribution in [0.1, 0.15) is 29.2 Å². The van der Waals surface area contributed by atoms with Gasteiger partial charge in [0, 0.05) is 11.4 Å². The monoisotopic (exact) mass is 284 g/mol. The van der Waals surface area contributed by atoms with E-state index in [2.05, 4.69) is 23.7 Å². The van der Waals surface area contributed by atoms with Crippen molar-refractivity contribution in [2.45, 2.75) is 30.9 Å². The molecule has 18 heavy (non-hydrogen) atoms. The number of thiophene rings is 1. The number of aryl methyl sites for hydroxylation is 1. The van der Waals surface area contributed by atoms with Gasteiger partial charge in [-0.2, -0.15) is 0 Å². The molecule has 1 amide bonds. The molecule has 1 saturated heterocycles. The molecule has 0 radical (unpaired) electrons. The SMILES string of the molecule is CNCCCN1C(=O)[C@H](C)S[C@@H]1c1sccc1C. The predicted octanol–water partition coefficient (Wildman–Crippen LogP) is 2.63. The van der Waals surface area contributed by atoms with Crippen LogP contribution in [0.15, 0.2) is 11.4 Å². The van der Waals surface area contributed by atoms with Gasteiger partial charge in [0.1, 0.15) is 5.37 Å². The van der Waals surface area contributed by atoms with E-state index in [4.69, 9.17) is 0 Å². The number of hydrogen-bond donors (Lipinski definition) is 1. The smallest absolute Gasteiger partial charge is 0.236 e. The van der Waals surface area contributed by atoms with Crippen LogP contribution >= 0.6 is 23.1 Å². The molecule has 3 nitrogen and oxygen atoms in total. The third-order valence-corrected chi connectivity index (χ3v) is 5.78. The molecule has 0 saturated carbocycles. The second-order valence-electron chi connectivity index (χ2n) is 4.59. The Labute approximate surface area is 117 Å². The Bertz CT molecular complexity index is 419. The molecule has 1 fully saturated rings. The first kappa shape index (κ1) is 13.9. The molecule has 100 valence electrons. The van der Waals surface area contributed by atoms with Crippen LogP contribution in [0.3, 0.4) is 0 Å². The third-order valence-electron chi connectivity index (χ3n) is 3.20. The van der Waals surface area contributed by atoms with E-state index in [1.165, 1.54) is 10.4 Å². The molecule has 0 spiro atoms. The fourth-order valence-corrected chi connectivity index (χ4v) is 4.72. The lowest BCUT2D eigenvalue weighted by atomic mass is 10.2. The topological polar surface area (TPSA) is 32.3 Å². The van der Waals surface area contributed by atoms with E-state index in [9.17, 15) is 4.79 Å². The zero-order chi connectivity index (χ0) is 13.1. The Morgan fingerprint density at radius 2 is 2.28 bits per heavy atom. The molecule has 0 aromatic carbocycles. The summed E-state index contributed by atoms with van der Waals surface area (Å²) in [4.78, 5) is 15.6. The van der Waals surface area contributed by atoms with Gasteiger partial charge in [0.25, 0.3) is 0 Å². The van der Waals surface area contributed by atoms with Gasteiger partial charge in [-0.25, -0.2) is 0 Å². The van der Waals surface area contributed by atoms with E-state index in [1.807, 2.05) is 18.9 Å². The largest absolute Gasteiger partial charge is 0.325 e. The third kappa shape index (κ3) is 2.73. The number of hydrogen-bond acceptors (Lipinski definition) is 4. The second kappa shape index (κ2) is 6.08. The number of nitrogens with zero attached hydrogens (tertiary/aromatic N) is 1. The van der Waals surface area contributed by atoms with Crippen LogP contribution in [-0.4, -0.2) is 36.2 Å². The lowest BCUT2D eigenvalue weighted by Crippen LogP contribution is -2.32. The van der Waals surface area contributed by atoms with Crippen molar-refractivity contribution in [3.8, 4) is 0 Å². The minimum absolute atomic E-state index is 0.0890. The summed E-state index contributed by atoms with van der Waals surface area (Å²) in [7, 11) is 1.95. The van der Waals surface area contributed by atoms with Crippen molar-refractivity contribution < 1.29 is 4.79 Å². The molecule has 1 N–H and O–H groups in total. The van der Waals surface area contributed by atoms with Crippen LogP contribution < -0.4 is 5.32 Å². The van der Waals surface area contributed by atoms with Crippen LogP contribution in [0, 0.1) is 6.92 Å². The second-order valence-corrected chi connectivity index (χ2v) is 6.96. The number of thioether (sulfide) groups is 1. The highest BCUT2D eigenvalue weighted by molar-refractivity contribution is 8.01. The van der Waals surface area contributed by atoms with E-state index in [0.29, 0.717) is 0 Å². The summed E-state index contributed by atoms with van der Waals surface area (Å²) >= 11 is 3.54. The summed E-state index contributed by atoms with van der Waals surface area (Å²) in [6, 6.07) is 2.14. The summed E-state index contributed by atoms with van der Waals surface area (Å²) in [5, 5.41) is 5.57. The zero-order valence-corrected chi connectivity index (χ0v) is 12.7. The molecular formula is C13H20N2OS2. The van der Waals surface area contributed by atoms with E-state index >= 15 is 0 Å². The molecule has 2 heterocycles. The lowest BCUT2D eigenvalue weighted by molar-refractivity contribution is -0.129. The molecule has 1 aromatic heterocycles. The Morgan fingerprint density at radius 1 is 1.50 bits per heavy atom. The Kier molecular flexibility index (Phi) is 4.70. The van der Waals surface area contributed by atoms with Gasteiger partial charge in [0.2, 0.25) is 5.91 Å². The summed E-state index contributed by atoms with van der Waals surface area (Å²) in [5.74, 6) is 0.286. The van der Waals surface area contributed by atoms with Gasteiger partial charge in [0.05, 0.1) is 5.25 Å². The highest BCUT2D eigenvalue weighted by Gasteiger charge is 2.39. The van der Waals surface area contributed by atoms with Crippen LogP contribution in [0.2, 0.25) is 0 Å². The molecule has 0 bridgehead atoms. The maximum Gasteiger partial charge on any atom is 0.236 e. The van der Waals surface area contributed by atoms with Gasteiger partial charge in [-0.05, 0) is 50.9 Å². The van der Waals surface area contributed by atoms with Crippen molar-refractivity contribution >= 4 is 29.0 Å². The van der Waals surface area contributed by atoms with E-state index < -0.39 is 0 Å². The predicted molar refractivity (Wildman–Crippen MR) is 79.1 cm³/mol. The molecule has 5 heteroatoms. The van der Waals surface area contributed by atoms with Crippen LogP contribution in [0.25, 0.3) is 0 Å². The molecule has 1 aliphatic heterocycles. The average Bonchev–Trinajstić information content (AvgIpc) is 2.87. The maximum absolute atomic E-state index is 12.2. The van der Waals surface area contributed by atoms with Crippen LogP contribution in [0.5, 0.6) is 0 Å². The minimum atomic E-state index is 0.0890. The number of nitrogens with one attached hydrogen (secondary N) is 1. The van der Waals surface area contributed by atoms with Gasteiger partial charge in [0.15, 0.2) is 0 Å². The van der Waals surface area contributed by atoms with E-state index in [0.717, 1.165) is 19.5 Å². The molecule has 2 rings (SSSR count). The quantitative estimate of drug-likeness (QED) is 0.844. The molecule has 1 aliphatic rings. The van der Waals surface area contributed by atoms with Gasteiger partial charge < -0.3 is 10.2 Å². The highest BCUT2D eigenvalue weighted by Crippen LogP contribution is 2.45. The summed E-state index contributed by atoms with van der Waals surface area (Å²) < 4.78 is 0. The van der Waals surface area contributed by atoms with Gasteiger partial charge in [-0.3, -0.25) is 4.79 Å². The van der Waals surface area contributed by atoms with Crippen LogP contribution in [-0.2, 0) is 4.79 Å². The van der Waals surface area contributed by atoms with Crippen molar-refractivity contribution in [2.75, 3.05) is 20.1 Å². The fraction of sp³-hybridized carbons (Fsp3) is 0.615. The molecular weight excluding hydrogens is 264 g/mol. The van der Waals surface area contributed by atoms with Crippen molar-refractivity contribution in [1.82, 2.24) is 10.2 Å². The fourth-order valence-electron chi connectivity index (χ4n) is 2.17. The average molecular weight is 284 g/mol. The van der Waals surface area contributed by atoms with Crippen molar-refractivity contribution in [1.29, 1.82) is 0 Å². The number of rotatable bonds is 5. The van der Waals surface area contributed by atoms with Gasteiger partial charge >= 0.3 is 0 Å². The molecule has 0 unspecified atom stereocenters. The normalized spacial score (nSPS) is 23.9. The van der Waals surface area contributed by atoms with Gasteiger partial charge in [-0.1, -0.05) is 0 Å². The summed E-state index contributed by atoms with van der Waals surface area (Å²) in [6.45, 7) is 5.95. The van der Waals surface area contributed by atoms with Crippen LogP contribution in [0.4, 0.5) is 0 Å². The first-order valence-electron chi connectivity index (χ1n) is 6.29. The number of carbonyl (C=O) groups excluding carboxylic acids is 1. The zero-order valence-electron chi connectivity index (χ0n) is 11.1. The molecule has 0 aliphatic carbocycles. The van der Waals surface area contributed by atoms with Crippen molar-refractivity contribution in [3.05, 3.63) is 21.9 Å².